The fourth-order valence-electron chi connectivity index (χ4n) is 4.51. The molecule has 0 bridgehead atoms. The van der Waals surface area contributed by atoms with Crippen LogP contribution in [0.25, 0.3) is 0 Å². The third-order valence-electron chi connectivity index (χ3n) is 8.14. The number of carbonyl (C=O) groups excluding carboxylic acids is 1. The van der Waals surface area contributed by atoms with Crippen molar-refractivity contribution in [3.8, 4) is 0 Å². The average Bonchev–Trinajstić information content (AvgIpc) is 3.76. The van der Waals surface area contributed by atoms with E-state index < -0.39 is 5.97 Å². The highest BCUT2D eigenvalue weighted by molar-refractivity contribution is 8.93. The minimum Gasteiger partial charge on any atom is -0.476 e. The largest absolute Gasteiger partial charge is 0.476 e. The second-order valence-electron chi connectivity index (χ2n) is 12.0. The molecule has 4 rings (SSSR count). The second-order valence-corrected chi connectivity index (χ2v) is 13.9. The summed E-state index contributed by atoms with van der Waals surface area (Å²) in [6.45, 7) is 16.9. The van der Waals surface area contributed by atoms with Gasteiger partial charge in [-0.15, -0.1) is 39.7 Å². The van der Waals surface area contributed by atoms with Gasteiger partial charge in [0.15, 0.2) is 5.69 Å². The molecule has 270 valence electrons. The summed E-state index contributed by atoms with van der Waals surface area (Å²) in [6, 6.07) is 8.47. The number of aryl methyl sites for hydroxylation is 4. The SMILES string of the molecule is Br.CCN(C)C=Nc1cc(C)c(Cc2nc(C(=O)N(C)CC)cs2)cc1C.CCN(C)C=Nc1cc(C)c(Cc2nc(C(=O)O)cs2)cc1C. The first-order valence-corrected chi connectivity index (χ1v) is 18.1. The van der Waals surface area contributed by atoms with E-state index in [1.54, 1.807) is 28.7 Å². The Morgan fingerprint density at radius 2 is 1.12 bits per heavy atom. The van der Waals surface area contributed by atoms with E-state index in [1.807, 2.05) is 62.7 Å². The Morgan fingerprint density at radius 3 is 1.50 bits per heavy atom. The van der Waals surface area contributed by atoms with Crippen LogP contribution in [0.2, 0.25) is 0 Å². The van der Waals surface area contributed by atoms with E-state index in [2.05, 4.69) is 71.9 Å². The Balaban J connectivity index is 0.000000342. The fourth-order valence-corrected chi connectivity index (χ4v) is 6.09. The number of halogens is 1. The molecular formula is C37H50BrN7O3S2. The number of aromatic nitrogens is 2. The van der Waals surface area contributed by atoms with Crippen LogP contribution in [-0.4, -0.2) is 95.1 Å². The van der Waals surface area contributed by atoms with Crippen molar-refractivity contribution in [2.45, 2.75) is 61.3 Å². The molecule has 0 aliphatic rings. The number of nitrogens with zero attached hydrogens (tertiary/aromatic N) is 7. The quantitative estimate of drug-likeness (QED) is 0.107. The van der Waals surface area contributed by atoms with Gasteiger partial charge in [-0.05, 0) is 94.0 Å². The Kier molecular flexibility index (Phi) is 16.9. The van der Waals surface area contributed by atoms with E-state index in [4.69, 9.17) is 5.11 Å². The Labute approximate surface area is 315 Å². The summed E-state index contributed by atoms with van der Waals surface area (Å²) < 4.78 is 0. The third kappa shape index (κ3) is 12.1. The van der Waals surface area contributed by atoms with E-state index in [0.29, 0.717) is 18.7 Å². The highest BCUT2D eigenvalue weighted by Gasteiger charge is 2.15. The van der Waals surface area contributed by atoms with Gasteiger partial charge in [0.25, 0.3) is 5.91 Å². The number of hydrogen-bond acceptors (Lipinski definition) is 8. The van der Waals surface area contributed by atoms with Crippen LogP contribution < -0.4 is 0 Å². The van der Waals surface area contributed by atoms with E-state index >= 15 is 0 Å². The summed E-state index contributed by atoms with van der Waals surface area (Å²) >= 11 is 2.92. The average molecular weight is 785 g/mol. The van der Waals surface area contributed by atoms with Gasteiger partial charge >= 0.3 is 5.97 Å². The molecule has 0 spiro atoms. The number of amides is 1. The van der Waals surface area contributed by atoms with Gasteiger partial charge in [-0.1, -0.05) is 12.1 Å². The third-order valence-corrected chi connectivity index (χ3v) is 9.84. The van der Waals surface area contributed by atoms with Crippen LogP contribution in [0.4, 0.5) is 11.4 Å². The lowest BCUT2D eigenvalue weighted by molar-refractivity contribution is 0.0690. The van der Waals surface area contributed by atoms with Crippen LogP contribution in [0.5, 0.6) is 0 Å². The zero-order chi connectivity index (χ0) is 36.2. The number of carboxylic acids is 1. The van der Waals surface area contributed by atoms with Gasteiger partial charge in [-0.25, -0.2) is 24.7 Å². The summed E-state index contributed by atoms with van der Waals surface area (Å²) in [7, 11) is 5.80. The molecule has 0 unspecified atom stereocenters. The molecule has 2 heterocycles. The summed E-state index contributed by atoms with van der Waals surface area (Å²) in [4.78, 5) is 46.6. The van der Waals surface area contributed by atoms with Crippen molar-refractivity contribution >= 4 is 75.6 Å². The highest BCUT2D eigenvalue weighted by Crippen LogP contribution is 2.27. The Hall–Kier alpha value is -3.94. The summed E-state index contributed by atoms with van der Waals surface area (Å²) in [5.74, 6) is -1.00. The molecule has 0 aliphatic carbocycles. The van der Waals surface area contributed by atoms with E-state index in [1.165, 1.54) is 22.5 Å². The first-order valence-electron chi connectivity index (χ1n) is 16.3. The fraction of sp³-hybridized carbons (Fsp3) is 0.405. The van der Waals surface area contributed by atoms with Crippen molar-refractivity contribution in [2.24, 2.45) is 9.98 Å². The summed E-state index contributed by atoms with van der Waals surface area (Å²) in [5, 5.41) is 14.2. The molecule has 10 nitrogen and oxygen atoms in total. The highest BCUT2D eigenvalue weighted by atomic mass is 79.9. The molecule has 0 fully saturated rings. The normalized spacial score (nSPS) is 10.9. The monoisotopic (exact) mass is 783 g/mol. The molecular weight excluding hydrogens is 734 g/mol. The van der Waals surface area contributed by atoms with Crippen LogP contribution in [-0.2, 0) is 12.8 Å². The minimum absolute atomic E-state index is 0. The second kappa shape index (κ2) is 20.0. The van der Waals surface area contributed by atoms with Gasteiger partial charge in [0, 0.05) is 64.4 Å². The van der Waals surface area contributed by atoms with Crippen LogP contribution in [0.1, 0.15) is 85.1 Å². The summed E-state index contributed by atoms with van der Waals surface area (Å²) in [5.41, 5.74) is 9.54. The predicted molar refractivity (Wildman–Crippen MR) is 214 cm³/mol. The first kappa shape index (κ1) is 42.2. The standard InChI is InChI=1S/C20H28N4OS.C17H21N3O2S.BrH/c1-7-23(5)13-21-17-10-14(3)16(9-15(17)4)11-19-22-18(12-26-19)20(25)24(6)8-2;1-5-20(4)10-18-14-7-11(2)13(6-12(14)3)8-16-19-15(9-23-16)17(21)22;/h9-10,12-13H,7-8,11H2,1-6H3;6-7,9-10H,5,8H2,1-4H3,(H,21,22);1H. The maximum atomic E-state index is 12.2. The number of benzene rings is 2. The first-order chi connectivity index (χ1) is 23.3. The van der Waals surface area contributed by atoms with Crippen molar-refractivity contribution in [3.05, 3.63) is 89.8 Å². The molecule has 0 saturated carbocycles. The molecule has 1 N–H and O–H groups in total. The van der Waals surface area contributed by atoms with Crippen LogP contribution in [0, 0.1) is 27.7 Å². The van der Waals surface area contributed by atoms with E-state index in [9.17, 15) is 9.59 Å². The van der Waals surface area contributed by atoms with E-state index in [0.717, 1.165) is 63.2 Å². The number of carboxylic acid groups (broad SMARTS) is 1. The van der Waals surface area contributed by atoms with E-state index in [-0.39, 0.29) is 28.6 Å². The smallest absolute Gasteiger partial charge is 0.355 e. The van der Waals surface area contributed by atoms with Crippen molar-refractivity contribution < 1.29 is 14.7 Å². The lowest BCUT2D eigenvalue weighted by atomic mass is 10.0. The predicted octanol–water partition coefficient (Wildman–Crippen LogP) is 8.29. The van der Waals surface area contributed by atoms with Crippen LogP contribution in [0.3, 0.4) is 0 Å². The van der Waals surface area contributed by atoms with Crippen molar-refractivity contribution in [3.63, 3.8) is 0 Å². The molecule has 50 heavy (non-hydrogen) atoms. The number of rotatable bonds is 13. The van der Waals surface area contributed by atoms with Gasteiger partial charge in [0.2, 0.25) is 0 Å². The van der Waals surface area contributed by atoms with Crippen molar-refractivity contribution in [2.75, 3.05) is 40.8 Å². The Bertz CT molecular complexity index is 1800. The number of carbonyl (C=O) groups is 2. The molecule has 1 amide bonds. The van der Waals surface area contributed by atoms with Gasteiger partial charge in [0.1, 0.15) is 5.69 Å². The molecule has 0 saturated heterocycles. The lowest BCUT2D eigenvalue weighted by Crippen LogP contribution is -2.26. The number of aromatic carboxylic acids is 1. The zero-order valence-electron chi connectivity index (χ0n) is 30.8. The maximum absolute atomic E-state index is 12.2. The lowest BCUT2D eigenvalue weighted by Gasteiger charge is -2.12. The van der Waals surface area contributed by atoms with Gasteiger partial charge in [-0.2, -0.15) is 0 Å². The van der Waals surface area contributed by atoms with Gasteiger partial charge in [0.05, 0.1) is 34.1 Å². The topological polar surface area (TPSA) is 115 Å². The molecule has 0 aliphatic heterocycles. The number of thiazole rings is 2. The summed E-state index contributed by atoms with van der Waals surface area (Å²) in [6.07, 6.45) is 5.08. The minimum atomic E-state index is -0.981. The molecule has 0 atom stereocenters. The molecule has 13 heteroatoms. The molecule has 2 aromatic heterocycles. The number of hydrogen-bond donors (Lipinski definition) is 1. The van der Waals surface area contributed by atoms with Crippen LogP contribution in [0.15, 0.2) is 45.0 Å². The zero-order valence-corrected chi connectivity index (χ0v) is 34.1. The van der Waals surface area contributed by atoms with Crippen molar-refractivity contribution in [1.82, 2.24) is 24.7 Å². The molecule has 4 aromatic rings. The number of aliphatic imine (C=N–C) groups is 2. The molecule has 2 aromatic carbocycles. The van der Waals surface area contributed by atoms with Gasteiger partial charge in [-0.3, -0.25) is 4.79 Å². The van der Waals surface area contributed by atoms with Crippen molar-refractivity contribution in [1.29, 1.82) is 0 Å². The van der Waals surface area contributed by atoms with Crippen LogP contribution >= 0.6 is 39.7 Å². The molecule has 0 radical (unpaired) electrons. The van der Waals surface area contributed by atoms with Gasteiger partial charge < -0.3 is 19.8 Å². The maximum Gasteiger partial charge on any atom is 0.355 e. The Morgan fingerprint density at radius 1 is 0.700 bits per heavy atom.